The highest BCUT2D eigenvalue weighted by molar-refractivity contribution is 7.18. The molecule has 35 heavy (non-hydrogen) atoms. The van der Waals surface area contributed by atoms with Gasteiger partial charge in [-0.3, -0.25) is 9.59 Å². The number of nitrogens with one attached hydrogen (secondary N) is 1. The van der Waals surface area contributed by atoms with Crippen molar-refractivity contribution in [1.82, 2.24) is 15.1 Å². The van der Waals surface area contributed by atoms with E-state index in [9.17, 15) is 14.0 Å². The molecule has 0 bridgehead atoms. The molecule has 1 N–H and O–H groups in total. The fourth-order valence-electron chi connectivity index (χ4n) is 3.56. The summed E-state index contributed by atoms with van der Waals surface area (Å²) in [5.41, 5.74) is 1.69. The summed E-state index contributed by atoms with van der Waals surface area (Å²) in [6.07, 6.45) is 0.00717. The monoisotopic (exact) mass is 508 g/mol. The Morgan fingerprint density at radius 3 is 2.40 bits per heavy atom. The van der Waals surface area contributed by atoms with Gasteiger partial charge >= 0.3 is 0 Å². The van der Waals surface area contributed by atoms with E-state index in [4.69, 9.17) is 11.6 Å². The van der Waals surface area contributed by atoms with Gasteiger partial charge in [0.05, 0.1) is 11.6 Å². The number of anilines is 1. The largest absolute Gasteiger partial charge is 0.331 e. The highest BCUT2D eigenvalue weighted by Gasteiger charge is 2.25. The van der Waals surface area contributed by atoms with Gasteiger partial charge in [-0.2, -0.15) is 0 Å². The molecule has 1 atom stereocenters. The van der Waals surface area contributed by atoms with Crippen LogP contribution in [0.15, 0.2) is 78.9 Å². The van der Waals surface area contributed by atoms with Gasteiger partial charge in [0.2, 0.25) is 11.0 Å². The smallest absolute Gasteiger partial charge is 0.257 e. The van der Waals surface area contributed by atoms with Crippen molar-refractivity contribution in [3.8, 4) is 10.6 Å². The third-order valence-electron chi connectivity index (χ3n) is 5.46. The first kappa shape index (κ1) is 24.5. The van der Waals surface area contributed by atoms with E-state index >= 15 is 0 Å². The highest BCUT2D eigenvalue weighted by Crippen LogP contribution is 2.28. The first-order chi connectivity index (χ1) is 16.9. The molecular formula is C26H22ClFN4O2S. The zero-order valence-corrected chi connectivity index (χ0v) is 20.4. The predicted octanol–water partition coefficient (Wildman–Crippen LogP) is 6.23. The molecule has 0 saturated heterocycles. The van der Waals surface area contributed by atoms with Gasteiger partial charge in [0.1, 0.15) is 10.8 Å². The average Bonchev–Trinajstić information content (AvgIpc) is 3.33. The summed E-state index contributed by atoms with van der Waals surface area (Å²) >= 11 is 7.16. The van der Waals surface area contributed by atoms with Crippen LogP contribution in [0, 0.1) is 5.82 Å². The molecule has 4 rings (SSSR count). The van der Waals surface area contributed by atoms with E-state index < -0.39 is 11.7 Å². The molecule has 0 spiro atoms. The third-order valence-corrected chi connectivity index (χ3v) is 6.60. The van der Waals surface area contributed by atoms with Crippen LogP contribution in [0.2, 0.25) is 5.02 Å². The fourth-order valence-corrected chi connectivity index (χ4v) is 4.45. The van der Waals surface area contributed by atoms with Gasteiger partial charge in [-0.05, 0) is 36.8 Å². The number of nitrogens with zero attached hydrogens (tertiary/aromatic N) is 3. The lowest BCUT2D eigenvalue weighted by Gasteiger charge is -2.30. The van der Waals surface area contributed by atoms with E-state index in [2.05, 4.69) is 15.5 Å². The zero-order valence-electron chi connectivity index (χ0n) is 18.8. The molecule has 0 fully saturated rings. The molecule has 0 radical (unpaired) electrons. The van der Waals surface area contributed by atoms with Gasteiger partial charge in [-0.15, -0.1) is 10.2 Å². The lowest BCUT2D eigenvalue weighted by molar-refractivity contribution is -0.116. The second-order valence-corrected chi connectivity index (χ2v) is 9.20. The Hall–Kier alpha value is -3.62. The number of aromatic nitrogens is 2. The standard InChI is InChI=1S/C26H22ClFN4O2S/c1-17(18-7-3-2-4-8-18)32(25(34)21-9-5-6-10-22(21)28)16-15-23(33)29-26-31-30-24(35-26)19-11-13-20(27)14-12-19/h2-14,17H,15-16H2,1H3,(H,29,31,33)/t17-/m0/s1. The van der Waals surface area contributed by atoms with E-state index in [0.29, 0.717) is 15.2 Å². The SMILES string of the molecule is C[C@@H](c1ccccc1)N(CCC(=O)Nc1nnc(-c2ccc(Cl)cc2)s1)C(=O)c1ccccc1F. The van der Waals surface area contributed by atoms with Crippen LogP contribution in [-0.2, 0) is 4.79 Å². The van der Waals surface area contributed by atoms with Crippen LogP contribution >= 0.6 is 22.9 Å². The molecule has 3 aromatic carbocycles. The van der Waals surface area contributed by atoms with Crippen LogP contribution in [-0.4, -0.2) is 33.5 Å². The molecule has 0 aliphatic heterocycles. The minimum Gasteiger partial charge on any atom is -0.331 e. The van der Waals surface area contributed by atoms with Crippen molar-refractivity contribution in [3.05, 3.63) is 101 Å². The maximum absolute atomic E-state index is 14.4. The van der Waals surface area contributed by atoms with Crippen molar-refractivity contribution in [2.24, 2.45) is 0 Å². The number of halogens is 2. The van der Waals surface area contributed by atoms with E-state index in [-0.39, 0.29) is 30.5 Å². The number of benzene rings is 3. The molecule has 1 aromatic heterocycles. The number of hydrogen-bond donors (Lipinski definition) is 1. The Balaban J connectivity index is 1.46. The summed E-state index contributed by atoms with van der Waals surface area (Å²) in [7, 11) is 0. The van der Waals surface area contributed by atoms with Crippen LogP contribution < -0.4 is 5.32 Å². The number of carbonyl (C=O) groups excluding carboxylic acids is 2. The minimum absolute atomic E-state index is 0.00717. The topological polar surface area (TPSA) is 75.2 Å². The molecule has 4 aromatic rings. The number of rotatable bonds is 8. The molecule has 6 nitrogen and oxygen atoms in total. The molecule has 9 heteroatoms. The van der Waals surface area contributed by atoms with Crippen molar-refractivity contribution >= 4 is 39.9 Å². The Labute approximate surface area is 211 Å². The predicted molar refractivity (Wildman–Crippen MR) is 136 cm³/mol. The van der Waals surface area contributed by atoms with Crippen molar-refractivity contribution < 1.29 is 14.0 Å². The summed E-state index contributed by atoms with van der Waals surface area (Å²) in [6, 6.07) is 22.1. The summed E-state index contributed by atoms with van der Waals surface area (Å²) in [4.78, 5) is 27.5. The fraction of sp³-hybridized carbons (Fsp3) is 0.154. The van der Waals surface area contributed by atoms with Crippen LogP contribution in [0.25, 0.3) is 10.6 Å². The lowest BCUT2D eigenvalue weighted by atomic mass is 10.0. The van der Waals surface area contributed by atoms with Crippen molar-refractivity contribution in [2.45, 2.75) is 19.4 Å². The van der Waals surface area contributed by atoms with Crippen molar-refractivity contribution in [3.63, 3.8) is 0 Å². The number of hydrogen-bond acceptors (Lipinski definition) is 5. The van der Waals surface area contributed by atoms with Gasteiger partial charge < -0.3 is 10.2 Å². The Bertz CT molecular complexity index is 1310. The molecule has 2 amide bonds. The van der Waals surface area contributed by atoms with Gasteiger partial charge in [0, 0.05) is 23.6 Å². The van der Waals surface area contributed by atoms with Gasteiger partial charge in [-0.1, -0.05) is 77.5 Å². The van der Waals surface area contributed by atoms with Crippen molar-refractivity contribution in [2.75, 3.05) is 11.9 Å². The Kier molecular flexibility index (Phi) is 7.84. The van der Waals surface area contributed by atoms with Crippen LogP contribution in [0.3, 0.4) is 0 Å². The molecule has 178 valence electrons. The molecule has 0 unspecified atom stereocenters. The second kappa shape index (κ2) is 11.2. The Morgan fingerprint density at radius 2 is 1.69 bits per heavy atom. The maximum atomic E-state index is 14.4. The first-order valence-electron chi connectivity index (χ1n) is 10.9. The summed E-state index contributed by atoms with van der Waals surface area (Å²) in [5, 5.41) is 12.5. The van der Waals surface area contributed by atoms with E-state index in [1.165, 1.54) is 34.4 Å². The van der Waals surface area contributed by atoms with Gasteiger partial charge in [-0.25, -0.2) is 4.39 Å². The number of amides is 2. The van der Waals surface area contributed by atoms with Crippen molar-refractivity contribution in [1.29, 1.82) is 0 Å². The average molecular weight is 509 g/mol. The number of carbonyl (C=O) groups is 2. The molecular weight excluding hydrogens is 487 g/mol. The Morgan fingerprint density at radius 1 is 1.00 bits per heavy atom. The maximum Gasteiger partial charge on any atom is 0.257 e. The normalized spacial score (nSPS) is 11.6. The van der Waals surface area contributed by atoms with Crippen LogP contribution in [0.4, 0.5) is 9.52 Å². The minimum atomic E-state index is -0.601. The molecule has 0 aliphatic rings. The van der Waals surface area contributed by atoms with Crippen LogP contribution in [0.1, 0.15) is 35.3 Å². The first-order valence-corrected chi connectivity index (χ1v) is 12.1. The van der Waals surface area contributed by atoms with E-state index in [1.807, 2.05) is 49.4 Å². The second-order valence-electron chi connectivity index (χ2n) is 7.78. The van der Waals surface area contributed by atoms with E-state index in [0.717, 1.165) is 11.1 Å². The summed E-state index contributed by atoms with van der Waals surface area (Å²) < 4.78 is 14.4. The van der Waals surface area contributed by atoms with Gasteiger partial charge in [0.15, 0.2) is 0 Å². The van der Waals surface area contributed by atoms with Gasteiger partial charge in [0.25, 0.3) is 5.91 Å². The molecule has 0 saturated carbocycles. The summed E-state index contributed by atoms with van der Waals surface area (Å²) in [5.74, 6) is -1.40. The molecule has 0 aliphatic carbocycles. The quantitative estimate of drug-likeness (QED) is 0.306. The van der Waals surface area contributed by atoms with Crippen LogP contribution in [0.5, 0.6) is 0 Å². The lowest BCUT2D eigenvalue weighted by Crippen LogP contribution is -2.36. The highest BCUT2D eigenvalue weighted by atomic mass is 35.5. The summed E-state index contributed by atoms with van der Waals surface area (Å²) in [6.45, 7) is 1.95. The zero-order chi connectivity index (χ0) is 24.8. The van der Waals surface area contributed by atoms with E-state index in [1.54, 1.807) is 18.2 Å². The molecule has 1 heterocycles. The third kappa shape index (κ3) is 6.09.